The van der Waals surface area contributed by atoms with Crippen molar-refractivity contribution in [3.63, 3.8) is 0 Å². The molecule has 0 aliphatic carbocycles. The van der Waals surface area contributed by atoms with Crippen LogP contribution >= 0.6 is 0 Å². The Labute approximate surface area is 163 Å². The van der Waals surface area contributed by atoms with Gasteiger partial charge in [-0.15, -0.1) is 0 Å². The molecule has 1 aromatic heterocycles. The molecule has 0 fully saturated rings. The van der Waals surface area contributed by atoms with Crippen LogP contribution in [0.1, 0.15) is 11.3 Å². The molecule has 28 heavy (non-hydrogen) atoms. The molecule has 146 valence electrons. The molecule has 0 saturated heterocycles. The fourth-order valence-corrected chi connectivity index (χ4v) is 3.10. The third kappa shape index (κ3) is 5.18. The summed E-state index contributed by atoms with van der Waals surface area (Å²) in [7, 11) is -2.08. The van der Waals surface area contributed by atoms with Crippen LogP contribution in [0.2, 0.25) is 0 Å². The van der Waals surface area contributed by atoms with Gasteiger partial charge in [-0.1, -0.05) is 30.3 Å². The summed E-state index contributed by atoms with van der Waals surface area (Å²) in [6.45, 7) is 0.810. The summed E-state index contributed by atoms with van der Waals surface area (Å²) < 4.78 is 28.4. The van der Waals surface area contributed by atoms with Crippen LogP contribution in [0.5, 0.6) is 0 Å². The summed E-state index contributed by atoms with van der Waals surface area (Å²) in [6, 6.07) is 16.1. The van der Waals surface area contributed by atoms with Crippen molar-refractivity contribution in [1.82, 2.24) is 15.6 Å². The number of aliphatic imine (C=N–C) groups is 1. The zero-order valence-corrected chi connectivity index (χ0v) is 16.1. The first-order valence-corrected chi connectivity index (χ1v) is 10.1. The highest BCUT2D eigenvalue weighted by Gasteiger charge is 2.09. The zero-order chi connectivity index (χ0) is 20.0. The Morgan fingerprint density at radius 2 is 1.86 bits per heavy atom. The van der Waals surface area contributed by atoms with Crippen LogP contribution in [0.15, 0.2) is 75.2 Å². The number of hydrogen-bond donors (Lipinski definition) is 3. The highest BCUT2D eigenvalue weighted by atomic mass is 32.2. The number of rotatable bonds is 6. The third-order valence-electron chi connectivity index (χ3n) is 3.92. The maximum atomic E-state index is 11.4. The lowest BCUT2D eigenvalue weighted by molar-refractivity contribution is 0.572. The topological polar surface area (TPSA) is 123 Å². The average Bonchev–Trinajstić information content (AvgIpc) is 3.17. The van der Waals surface area contributed by atoms with Crippen LogP contribution in [0.3, 0.4) is 0 Å². The van der Waals surface area contributed by atoms with Crippen molar-refractivity contribution >= 4 is 16.0 Å². The molecule has 0 bridgehead atoms. The number of primary sulfonamides is 1. The van der Waals surface area contributed by atoms with Crippen molar-refractivity contribution in [1.29, 1.82) is 0 Å². The van der Waals surface area contributed by atoms with Gasteiger partial charge in [0, 0.05) is 19.2 Å². The molecule has 0 atom stereocenters. The second kappa shape index (κ2) is 8.68. The van der Waals surface area contributed by atoms with E-state index in [-0.39, 0.29) is 4.90 Å². The second-order valence-corrected chi connectivity index (χ2v) is 7.54. The van der Waals surface area contributed by atoms with Gasteiger partial charge in [0.05, 0.1) is 17.1 Å². The Morgan fingerprint density at radius 3 is 2.57 bits per heavy atom. The molecule has 4 N–H and O–H groups in total. The lowest BCUT2D eigenvalue weighted by Gasteiger charge is -2.11. The van der Waals surface area contributed by atoms with E-state index in [1.807, 2.05) is 30.3 Å². The van der Waals surface area contributed by atoms with Gasteiger partial charge in [0.2, 0.25) is 15.9 Å². The number of sulfonamides is 1. The predicted octanol–water partition coefficient (Wildman–Crippen LogP) is 1.85. The zero-order valence-electron chi connectivity index (χ0n) is 15.3. The molecule has 3 aromatic rings. The summed E-state index contributed by atoms with van der Waals surface area (Å²) in [4.78, 5) is 8.67. The van der Waals surface area contributed by atoms with Gasteiger partial charge in [0.1, 0.15) is 6.26 Å². The largest absolute Gasteiger partial charge is 0.444 e. The normalized spacial score (nSPS) is 12.0. The first-order valence-electron chi connectivity index (χ1n) is 8.52. The first kappa shape index (κ1) is 19.6. The second-order valence-electron chi connectivity index (χ2n) is 5.98. The summed E-state index contributed by atoms with van der Waals surface area (Å²) >= 11 is 0. The van der Waals surface area contributed by atoms with Crippen LogP contribution < -0.4 is 15.8 Å². The molecule has 3 rings (SSSR count). The van der Waals surface area contributed by atoms with Gasteiger partial charge < -0.3 is 15.1 Å². The predicted molar refractivity (Wildman–Crippen MR) is 107 cm³/mol. The number of nitrogens with zero attached hydrogens (tertiary/aromatic N) is 2. The molecule has 2 aromatic carbocycles. The van der Waals surface area contributed by atoms with E-state index in [4.69, 9.17) is 9.56 Å². The summed E-state index contributed by atoms with van der Waals surface area (Å²) in [5.41, 5.74) is 2.41. The lowest BCUT2D eigenvalue weighted by Crippen LogP contribution is -2.36. The smallest absolute Gasteiger partial charge is 0.238 e. The number of nitrogens with two attached hydrogens (primary N) is 1. The minimum absolute atomic E-state index is 0.0748. The van der Waals surface area contributed by atoms with Gasteiger partial charge in [-0.05, 0) is 29.8 Å². The number of guanidine groups is 1. The lowest BCUT2D eigenvalue weighted by atomic mass is 10.2. The highest BCUT2D eigenvalue weighted by Crippen LogP contribution is 2.17. The summed E-state index contributed by atoms with van der Waals surface area (Å²) in [6.07, 6.45) is 1.60. The number of oxazole rings is 1. The monoisotopic (exact) mass is 399 g/mol. The van der Waals surface area contributed by atoms with Crippen molar-refractivity contribution in [2.24, 2.45) is 10.1 Å². The molecule has 0 spiro atoms. The van der Waals surface area contributed by atoms with Gasteiger partial charge in [0.15, 0.2) is 5.96 Å². The number of hydrogen-bond acceptors (Lipinski definition) is 5. The Morgan fingerprint density at radius 1 is 1.11 bits per heavy atom. The van der Waals surface area contributed by atoms with E-state index in [9.17, 15) is 8.42 Å². The van der Waals surface area contributed by atoms with Crippen molar-refractivity contribution in [2.75, 3.05) is 7.05 Å². The van der Waals surface area contributed by atoms with E-state index >= 15 is 0 Å². The molecule has 0 aliphatic rings. The van der Waals surface area contributed by atoms with E-state index in [1.165, 1.54) is 12.1 Å². The number of aromatic nitrogens is 1. The van der Waals surface area contributed by atoms with Crippen LogP contribution in [-0.2, 0) is 23.1 Å². The average molecular weight is 399 g/mol. The maximum Gasteiger partial charge on any atom is 0.238 e. The van der Waals surface area contributed by atoms with E-state index in [0.29, 0.717) is 24.9 Å². The van der Waals surface area contributed by atoms with Gasteiger partial charge in [-0.3, -0.25) is 4.99 Å². The Bertz CT molecular complexity index is 1060. The van der Waals surface area contributed by atoms with E-state index < -0.39 is 10.0 Å². The quantitative estimate of drug-likeness (QED) is 0.429. The SMILES string of the molecule is CN=C(NCc1cccc(S(N)(=O)=O)c1)NCc1coc(-c2ccccc2)n1. The van der Waals surface area contributed by atoms with E-state index in [2.05, 4.69) is 20.6 Å². The fraction of sp³-hybridized carbons (Fsp3) is 0.158. The van der Waals surface area contributed by atoms with Gasteiger partial charge in [0.25, 0.3) is 0 Å². The Hall–Kier alpha value is -3.17. The Balaban J connectivity index is 1.57. The Kier molecular flexibility index (Phi) is 6.07. The molecule has 0 amide bonds. The molecular weight excluding hydrogens is 378 g/mol. The molecule has 0 saturated carbocycles. The highest BCUT2D eigenvalue weighted by molar-refractivity contribution is 7.89. The van der Waals surface area contributed by atoms with Crippen LogP contribution in [0.4, 0.5) is 0 Å². The van der Waals surface area contributed by atoms with Crippen LogP contribution in [-0.4, -0.2) is 26.4 Å². The third-order valence-corrected chi connectivity index (χ3v) is 4.83. The molecule has 0 aliphatic heterocycles. The van der Waals surface area contributed by atoms with Gasteiger partial charge in [-0.2, -0.15) is 0 Å². The molecule has 1 heterocycles. The van der Waals surface area contributed by atoms with Crippen molar-refractivity contribution in [2.45, 2.75) is 18.0 Å². The molecule has 0 unspecified atom stereocenters. The molecular formula is C19H21N5O3S. The van der Waals surface area contributed by atoms with Crippen LogP contribution in [0, 0.1) is 0 Å². The minimum Gasteiger partial charge on any atom is -0.444 e. The van der Waals surface area contributed by atoms with Crippen LogP contribution in [0.25, 0.3) is 11.5 Å². The van der Waals surface area contributed by atoms with Crippen molar-refractivity contribution in [3.8, 4) is 11.5 Å². The van der Waals surface area contributed by atoms with Crippen molar-refractivity contribution < 1.29 is 12.8 Å². The summed E-state index contributed by atoms with van der Waals surface area (Å²) in [5.74, 6) is 1.10. The van der Waals surface area contributed by atoms with E-state index in [1.54, 1.807) is 25.4 Å². The standard InChI is InChI=1S/C19H21N5O3S/c1-21-19(22-11-14-6-5-9-17(10-14)28(20,25)26)23-12-16-13-27-18(24-16)15-7-3-2-4-8-15/h2-10,13H,11-12H2,1H3,(H2,20,25,26)(H2,21,22,23). The molecule has 8 nitrogen and oxygen atoms in total. The fourth-order valence-electron chi connectivity index (χ4n) is 2.51. The maximum absolute atomic E-state index is 11.4. The van der Waals surface area contributed by atoms with Gasteiger partial charge >= 0.3 is 0 Å². The first-order chi connectivity index (χ1) is 13.5. The summed E-state index contributed by atoms with van der Waals surface area (Å²) in [5, 5.41) is 11.4. The molecule has 9 heteroatoms. The number of benzene rings is 2. The van der Waals surface area contributed by atoms with Gasteiger partial charge in [-0.25, -0.2) is 18.5 Å². The van der Waals surface area contributed by atoms with E-state index in [0.717, 1.165) is 16.8 Å². The minimum atomic E-state index is -3.73. The molecule has 0 radical (unpaired) electrons. The number of nitrogens with one attached hydrogen (secondary N) is 2. The van der Waals surface area contributed by atoms with Crippen molar-refractivity contribution in [3.05, 3.63) is 72.1 Å².